The van der Waals surface area contributed by atoms with E-state index in [-0.39, 0.29) is 6.03 Å². The minimum Gasteiger partial charge on any atom is -0.351 e. The average molecular weight is 292 g/mol. The molecule has 5 nitrogen and oxygen atoms in total. The first kappa shape index (κ1) is 12.9. The lowest BCUT2D eigenvalue weighted by atomic mass is 10.1. The lowest BCUT2D eigenvalue weighted by Gasteiger charge is -2.18. The molecule has 0 spiro atoms. The summed E-state index contributed by atoms with van der Waals surface area (Å²) in [7, 11) is 2.04. The Balaban J connectivity index is 1.66. The Labute approximate surface area is 128 Å². The first-order valence-corrected chi connectivity index (χ1v) is 7.30. The van der Waals surface area contributed by atoms with E-state index < -0.39 is 0 Å². The lowest BCUT2D eigenvalue weighted by molar-refractivity contribution is 0.257. The normalized spacial score (nSPS) is 13.4. The van der Waals surface area contributed by atoms with E-state index in [2.05, 4.69) is 33.1 Å². The van der Waals surface area contributed by atoms with Crippen LogP contribution < -0.4 is 10.2 Å². The van der Waals surface area contributed by atoms with Crippen LogP contribution in [0.2, 0.25) is 0 Å². The molecule has 0 atom stereocenters. The highest BCUT2D eigenvalue weighted by Crippen LogP contribution is 2.33. The van der Waals surface area contributed by atoms with E-state index in [1.807, 2.05) is 25.4 Å². The Kier molecular flexibility index (Phi) is 2.85. The van der Waals surface area contributed by atoms with Gasteiger partial charge in [0.1, 0.15) is 5.82 Å². The van der Waals surface area contributed by atoms with E-state index in [9.17, 15) is 4.79 Å². The summed E-state index contributed by atoms with van der Waals surface area (Å²) in [4.78, 5) is 18.4. The van der Waals surface area contributed by atoms with E-state index in [4.69, 9.17) is 0 Å². The van der Waals surface area contributed by atoms with Crippen molar-refractivity contribution in [3.63, 3.8) is 0 Å². The van der Waals surface area contributed by atoms with Crippen LogP contribution in [0.3, 0.4) is 0 Å². The molecule has 3 heterocycles. The highest BCUT2D eigenvalue weighted by atomic mass is 16.2. The number of anilines is 2. The van der Waals surface area contributed by atoms with Crippen molar-refractivity contribution in [2.75, 3.05) is 16.8 Å². The highest BCUT2D eigenvalue weighted by molar-refractivity contribution is 6.04. The number of urea groups is 1. The second-order valence-electron chi connectivity index (χ2n) is 5.51. The zero-order valence-corrected chi connectivity index (χ0v) is 12.3. The standard InChI is InChI=1S/C17H16N4O/c1-20-8-5-12-11-15-13(10-14(12)20)6-9-21(15)17(22)19-16-4-2-3-7-18-16/h2-5,7-8,10-11H,6,9H2,1H3,(H,18,19,22). The molecule has 4 rings (SSSR count). The summed E-state index contributed by atoms with van der Waals surface area (Å²) in [6.07, 6.45) is 4.59. The van der Waals surface area contributed by atoms with Gasteiger partial charge in [-0.15, -0.1) is 0 Å². The second kappa shape index (κ2) is 4.87. The van der Waals surface area contributed by atoms with Gasteiger partial charge in [0.05, 0.1) is 0 Å². The summed E-state index contributed by atoms with van der Waals surface area (Å²) in [5.41, 5.74) is 3.41. The number of amides is 2. The van der Waals surface area contributed by atoms with Gasteiger partial charge in [0.15, 0.2) is 0 Å². The number of hydrogen-bond donors (Lipinski definition) is 1. The third-order valence-corrected chi connectivity index (χ3v) is 4.13. The summed E-state index contributed by atoms with van der Waals surface area (Å²) in [5, 5.41) is 4.00. The zero-order chi connectivity index (χ0) is 15.1. The van der Waals surface area contributed by atoms with Gasteiger partial charge < -0.3 is 4.57 Å². The van der Waals surface area contributed by atoms with Crippen molar-refractivity contribution in [3.05, 3.63) is 54.4 Å². The fourth-order valence-corrected chi connectivity index (χ4v) is 2.98. The molecule has 0 bridgehead atoms. The molecule has 1 aromatic carbocycles. The Hall–Kier alpha value is -2.82. The van der Waals surface area contributed by atoms with Crippen molar-refractivity contribution in [2.45, 2.75) is 6.42 Å². The maximum atomic E-state index is 12.5. The van der Waals surface area contributed by atoms with Gasteiger partial charge >= 0.3 is 6.03 Å². The molecule has 2 amide bonds. The number of carbonyl (C=O) groups excluding carboxylic acids is 1. The van der Waals surface area contributed by atoms with Crippen LogP contribution >= 0.6 is 0 Å². The largest absolute Gasteiger partial charge is 0.351 e. The minimum atomic E-state index is -0.132. The highest BCUT2D eigenvalue weighted by Gasteiger charge is 2.25. The molecule has 1 aliphatic heterocycles. The number of nitrogens with zero attached hydrogens (tertiary/aromatic N) is 3. The number of hydrogen-bond acceptors (Lipinski definition) is 2. The molecule has 1 N–H and O–H groups in total. The molecular formula is C17H16N4O. The maximum absolute atomic E-state index is 12.5. The molecule has 1 aliphatic rings. The minimum absolute atomic E-state index is 0.132. The molecule has 22 heavy (non-hydrogen) atoms. The van der Waals surface area contributed by atoms with E-state index in [0.717, 1.165) is 17.5 Å². The first-order chi connectivity index (χ1) is 10.7. The van der Waals surface area contributed by atoms with Gasteiger partial charge in [-0.1, -0.05) is 6.07 Å². The summed E-state index contributed by atoms with van der Waals surface area (Å²) in [5.74, 6) is 0.571. The summed E-state index contributed by atoms with van der Waals surface area (Å²) < 4.78 is 2.10. The van der Waals surface area contributed by atoms with Crippen LogP contribution in [-0.4, -0.2) is 22.1 Å². The number of nitrogens with one attached hydrogen (secondary N) is 1. The molecule has 0 fully saturated rings. The number of rotatable bonds is 1. The predicted octanol–water partition coefficient (Wildman–Crippen LogP) is 3.17. The molecule has 0 unspecified atom stereocenters. The van der Waals surface area contributed by atoms with Gasteiger partial charge in [-0.3, -0.25) is 10.2 Å². The van der Waals surface area contributed by atoms with Crippen LogP contribution in [0.5, 0.6) is 0 Å². The second-order valence-corrected chi connectivity index (χ2v) is 5.51. The first-order valence-electron chi connectivity index (χ1n) is 7.30. The number of benzene rings is 1. The van der Waals surface area contributed by atoms with E-state index in [0.29, 0.717) is 12.4 Å². The number of aromatic nitrogens is 2. The molecule has 0 radical (unpaired) electrons. The van der Waals surface area contributed by atoms with Crippen molar-refractivity contribution in [2.24, 2.45) is 7.05 Å². The molecule has 3 aromatic rings. The van der Waals surface area contributed by atoms with Gasteiger partial charge in [-0.05, 0) is 42.3 Å². The molecule has 0 saturated heterocycles. The number of carbonyl (C=O) groups is 1. The van der Waals surface area contributed by atoms with Crippen LogP contribution in [0.1, 0.15) is 5.56 Å². The zero-order valence-electron chi connectivity index (χ0n) is 12.3. The van der Waals surface area contributed by atoms with Crippen molar-refractivity contribution >= 4 is 28.4 Å². The molecule has 0 aliphatic carbocycles. The Morgan fingerprint density at radius 2 is 2.18 bits per heavy atom. The van der Waals surface area contributed by atoms with Crippen molar-refractivity contribution in [3.8, 4) is 0 Å². The quantitative estimate of drug-likeness (QED) is 0.749. The number of fused-ring (bicyclic) bond motifs is 2. The van der Waals surface area contributed by atoms with Gasteiger partial charge in [0.2, 0.25) is 0 Å². The van der Waals surface area contributed by atoms with Gasteiger partial charge in [-0.25, -0.2) is 9.78 Å². The van der Waals surface area contributed by atoms with E-state index >= 15 is 0 Å². The van der Waals surface area contributed by atoms with Gasteiger partial charge in [0.25, 0.3) is 0 Å². The summed E-state index contributed by atoms with van der Waals surface area (Å²) in [6.45, 7) is 0.699. The molecule has 0 saturated carbocycles. The van der Waals surface area contributed by atoms with Crippen molar-refractivity contribution in [1.29, 1.82) is 0 Å². The average Bonchev–Trinajstić information content (AvgIpc) is 3.10. The Bertz CT molecular complexity index is 854. The van der Waals surface area contributed by atoms with Crippen molar-refractivity contribution < 1.29 is 4.79 Å². The third kappa shape index (κ3) is 2.02. The van der Waals surface area contributed by atoms with E-state index in [1.165, 1.54) is 11.1 Å². The van der Waals surface area contributed by atoms with Crippen LogP contribution in [0.4, 0.5) is 16.3 Å². The summed E-state index contributed by atoms with van der Waals surface area (Å²) >= 11 is 0. The molecular weight excluding hydrogens is 276 g/mol. The topological polar surface area (TPSA) is 50.2 Å². The van der Waals surface area contributed by atoms with Crippen LogP contribution in [0.25, 0.3) is 10.9 Å². The third-order valence-electron chi connectivity index (χ3n) is 4.13. The Morgan fingerprint density at radius 3 is 3.00 bits per heavy atom. The van der Waals surface area contributed by atoms with Crippen LogP contribution in [-0.2, 0) is 13.5 Å². The van der Waals surface area contributed by atoms with Crippen LogP contribution in [0, 0.1) is 0 Å². The predicted molar refractivity (Wildman–Crippen MR) is 87.2 cm³/mol. The monoisotopic (exact) mass is 292 g/mol. The molecule has 2 aromatic heterocycles. The number of aryl methyl sites for hydroxylation is 1. The fourth-order valence-electron chi connectivity index (χ4n) is 2.98. The smallest absolute Gasteiger partial charge is 0.327 e. The fraction of sp³-hybridized carbons (Fsp3) is 0.176. The number of pyridine rings is 1. The SMILES string of the molecule is Cn1ccc2cc3c(cc21)CCN3C(=O)Nc1ccccn1. The molecule has 5 heteroatoms. The van der Waals surface area contributed by atoms with E-state index in [1.54, 1.807) is 17.2 Å². The summed E-state index contributed by atoms with van der Waals surface area (Å²) in [6, 6.07) is 11.7. The maximum Gasteiger partial charge on any atom is 0.327 e. The van der Waals surface area contributed by atoms with Crippen molar-refractivity contribution in [1.82, 2.24) is 9.55 Å². The van der Waals surface area contributed by atoms with Gasteiger partial charge in [0, 0.05) is 42.6 Å². The Morgan fingerprint density at radius 1 is 1.27 bits per heavy atom. The lowest BCUT2D eigenvalue weighted by Crippen LogP contribution is -2.33. The van der Waals surface area contributed by atoms with Crippen LogP contribution in [0.15, 0.2) is 48.8 Å². The molecule has 110 valence electrons. The van der Waals surface area contributed by atoms with Gasteiger partial charge in [-0.2, -0.15) is 0 Å².